The van der Waals surface area contributed by atoms with Crippen LogP contribution >= 0.6 is 0 Å². The third-order valence-electron chi connectivity index (χ3n) is 7.27. The van der Waals surface area contributed by atoms with Crippen molar-refractivity contribution < 1.29 is 26.4 Å². The second-order valence-electron chi connectivity index (χ2n) is 9.85. The Kier molecular flexibility index (Phi) is 7.28. The molecule has 1 amide bonds. The van der Waals surface area contributed by atoms with Crippen LogP contribution in [0.1, 0.15) is 43.6 Å². The molecule has 2 heterocycles. The van der Waals surface area contributed by atoms with Crippen molar-refractivity contribution in [2.45, 2.75) is 38.0 Å². The monoisotopic (exact) mass is 534 g/mol. The number of hydrogen-bond donors (Lipinski definition) is 3. The van der Waals surface area contributed by atoms with E-state index in [1.165, 1.54) is 18.2 Å². The minimum absolute atomic E-state index is 0.0320. The van der Waals surface area contributed by atoms with E-state index in [-0.39, 0.29) is 36.3 Å². The number of carbonyl (C=O) groups excluding carboxylic acids is 1. The quantitative estimate of drug-likeness (QED) is 0.341. The van der Waals surface area contributed by atoms with Crippen LogP contribution in [0.4, 0.5) is 13.2 Å². The van der Waals surface area contributed by atoms with E-state index in [0.29, 0.717) is 48.9 Å². The van der Waals surface area contributed by atoms with Gasteiger partial charge >= 0.3 is 0 Å². The van der Waals surface area contributed by atoms with Gasteiger partial charge in [0.05, 0.1) is 11.2 Å². The van der Waals surface area contributed by atoms with Crippen LogP contribution in [0.5, 0.6) is 0 Å². The van der Waals surface area contributed by atoms with Gasteiger partial charge in [-0.1, -0.05) is 0 Å². The Hall–Kier alpha value is -2.89. The second kappa shape index (κ2) is 10.5. The molecule has 1 aromatic heterocycles. The smallest absolute Gasteiger partial charge is 0.276 e. The number of likely N-dealkylation sites (tertiary alicyclic amines) is 1. The van der Waals surface area contributed by atoms with Gasteiger partial charge in [-0.2, -0.15) is 8.42 Å². The van der Waals surface area contributed by atoms with E-state index < -0.39 is 27.7 Å². The molecule has 11 heteroatoms. The first-order chi connectivity index (χ1) is 17.7. The zero-order chi connectivity index (χ0) is 26.2. The lowest BCUT2D eigenvalue weighted by molar-refractivity contribution is -0.127. The SMILES string of the molecule is O=C1CCCN1CCCNS(=O)(=O)NC[C@H]1C[C@H](c2c(-c3ccc(F)cc3)[nH]c3c(F)cc(F)cc32)C1. The van der Waals surface area contributed by atoms with Crippen molar-refractivity contribution >= 4 is 27.0 Å². The Bertz CT molecular complexity index is 1400. The van der Waals surface area contributed by atoms with Crippen molar-refractivity contribution in [2.24, 2.45) is 5.92 Å². The minimum atomic E-state index is -3.68. The number of fused-ring (bicyclic) bond motifs is 1. The highest BCUT2D eigenvalue weighted by atomic mass is 32.2. The maximum absolute atomic E-state index is 14.5. The molecule has 2 fully saturated rings. The Morgan fingerprint density at radius 3 is 2.49 bits per heavy atom. The summed E-state index contributed by atoms with van der Waals surface area (Å²) in [5.41, 5.74) is 2.23. The highest BCUT2D eigenvalue weighted by Gasteiger charge is 2.35. The van der Waals surface area contributed by atoms with Crippen LogP contribution in [-0.2, 0) is 15.0 Å². The van der Waals surface area contributed by atoms with E-state index in [2.05, 4.69) is 14.4 Å². The van der Waals surface area contributed by atoms with E-state index in [0.717, 1.165) is 24.6 Å². The minimum Gasteiger partial charge on any atom is -0.352 e. The third-order valence-corrected chi connectivity index (χ3v) is 8.40. The number of carbonyl (C=O) groups is 1. The molecule has 37 heavy (non-hydrogen) atoms. The average molecular weight is 535 g/mol. The molecule has 0 radical (unpaired) electrons. The van der Waals surface area contributed by atoms with E-state index in [1.54, 1.807) is 17.0 Å². The summed E-state index contributed by atoms with van der Waals surface area (Å²) in [4.78, 5) is 16.4. The van der Waals surface area contributed by atoms with E-state index in [1.807, 2.05) is 0 Å². The maximum Gasteiger partial charge on any atom is 0.276 e. The molecule has 7 nitrogen and oxygen atoms in total. The Labute approximate surface area is 213 Å². The first-order valence-electron chi connectivity index (χ1n) is 12.5. The molecule has 198 valence electrons. The molecule has 1 aliphatic heterocycles. The van der Waals surface area contributed by atoms with Crippen LogP contribution in [0.3, 0.4) is 0 Å². The number of aromatic nitrogens is 1. The zero-order valence-corrected chi connectivity index (χ0v) is 21.0. The van der Waals surface area contributed by atoms with Crippen molar-refractivity contribution in [1.82, 2.24) is 19.3 Å². The van der Waals surface area contributed by atoms with Crippen molar-refractivity contribution in [1.29, 1.82) is 0 Å². The zero-order valence-electron chi connectivity index (χ0n) is 20.2. The van der Waals surface area contributed by atoms with Gasteiger partial charge < -0.3 is 9.88 Å². The molecule has 1 saturated carbocycles. The van der Waals surface area contributed by atoms with Gasteiger partial charge in [-0.15, -0.1) is 0 Å². The van der Waals surface area contributed by atoms with Crippen LogP contribution in [0.15, 0.2) is 36.4 Å². The fourth-order valence-electron chi connectivity index (χ4n) is 5.34. The first kappa shape index (κ1) is 25.7. The van der Waals surface area contributed by atoms with Gasteiger partial charge in [0.15, 0.2) is 0 Å². The second-order valence-corrected chi connectivity index (χ2v) is 11.4. The Morgan fingerprint density at radius 1 is 1.03 bits per heavy atom. The molecule has 0 atom stereocenters. The fourth-order valence-corrected chi connectivity index (χ4v) is 6.31. The number of nitrogens with one attached hydrogen (secondary N) is 3. The predicted molar refractivity (Wildman–Crippen MR) is 134 cm³/mol. The molecule has 3 N–H and O–H groups in total. The lowest BCUT2D eigenvalue weighted by atomic mass is 9.70. The average Bonchev–Trinajstić information content (AvgIpc) is 3.40. The summed E-state index contributed by atoms with van der Waals surface area (Å²) in [5, 5.41) is 0.444. The van der Waals surface area contributed by atoms with Crippen LogP contribution in [-0.4, -0.2) is 50.4 Å². The van der Waals surface area contributed by atoms with Crippen LogP contribution < -0.4 is 9.44 Å². The first-order valence-corrected chi connectivity index (χ1v) is 14.0. The van der Waals surface area contributed by atoms with Gasteiger partial charge in [0.1, 0.15) is 17.5 Å². The molecular formula is C26H29F3N4O3S. The molecule has 3 aromatic rings. The van der Waals surface area contributed by atoms with Crippen LogP contribution in [0, 0.1) is 23.4 Å². The Morgan fingerprint density at radius 2 is 1.78 bits per heavy atom. The van der Waals surface area contributed by atoms with Gasteiger partial charge in [-0.05, 0) is 79.0 Å². The van der Waals surface area contributed by atoms with Crippen molar-refractivity contribution in [3.63, 3.8) is 0 Å². The number of H-pyrrole nitrogens is 1. The number of nitrogens with zero attached hydrogens (tertiary/aromatic N) is 1. The highest BCUT2D eigenvalue weighted by Crippen LogP contribution is 2.48. The summed E-state index contributed by atoms with van der Waals surface area (Å²) in [6.07, 6.45) is 3.22. The van der Waals surface area contributed by atoms with Gasteiger partial charge in [-0.3, -0.25) is 4.79 Å². The lowest BCUT2D eigenvalue weighted by Gasteiger charge is -2.36. The number of benzene rings is 2. The third kappa shape index (κ3) is 5.68. The van der Waals surface area contributed by atoms with Gasteiger partial charge in [-0.25, -0.2) is 22.6 Å². The van der Waals surface area contributed by atoms with Crippen molar-refractivity contribution in [3.05, 3.63) is 59.4 Å². The summed E-state index contributed by atoms with van der Waals surface area (Å²) < 4.78 is 71.9. The highest BCUT2D eigenvalue weighted by molar-refractivity contribution is 7.87. The summed E-state index contributed by atoms with van der Waals surface area (Å²) in [5.74, 6) is -1.63. The largest absolute Gasteiger partial charge is 0.352 e. The molecular weight excluding hydrogens is 505 g/mol. The molecule has 1 saturated heterocycles. The number of hydrogen-bond acceptors (Lipinski definition) is 3. The Balaban J connectivity index is 1.21. The number of aromatic amines is 1. The summed E-state index contributed by atoms with van der Waals surface area (Å²) >= 11 is 0. The molecule has 0 spiro atoms. The van der Waals surface area contributed by atoms with Crippen LogP contribution in [0.25, 0.3) is 22.2 Å². The summed E-state index contributed by atoms with van der Waals surface area (Å²) in [6, 6.07) is 7.94. The molecule has 1 aliphatic carbocycles. The van der Waals surface area contributed by atoms with Crippen molar-refractivity contribution in [3.8, 4) is 11.3 Å². The topological polar surface area (TPSA) is 94.3 Å². The van der Waals surface area contributed by atoms with E-state index >= 15 is 0 Å². The predicted octanol–water partition coefficient (Wildman–Crippen LogP) is 4.18. The number of halogens is 3. The van der Waals surface area contributed by atoms with Crippen molar-refractivity contribution in [2.75, 3.05) is 26.2 Å². The van der Waals surface area contributed by atoms with Gasteiger partial charge in [0.25, 0.3) is 10.2 Å². The molecule has 2 aromatic carbocycles. The summed E-state index contributed by atoms with van der Waals surface area (Å²) in [6.45, 7) is 1.74. The standard InChI is InChI=1S/C26H29F3N4O3S/c27-19-6-4-17(5-7-19)25-24(21-13-20(28)14-22(29)26(21)32-25)18-11-16(12-18)15-31-37(35,36)30-8-2-10-33-9-1-3-23(33)34/h4-7,13-14,16,18,30-32H,1-3,8-12,15H2/t16-,18-. The van der Waals surface area contributed by atoms with Gasteiger partial charge in [0.2, 0.25) is 5.91 Å². The van der Waals surface area contributed by atoms with Gasteiger partial charge in [0, 0.05) is 44.1 Å². The van der Waals surface area contributed by atoms with Crippen LogP contribution in [0.2, 0.25) is 0 Å². The fraction of sp³-hybridized carbons (Fsp3) is 0.423. The maximum atomic E-state index is 14.5. The summed E-state index contributed by atoms with van der Waals surface area (Å²) in [7, 11) is -3.68. The van der Waals surface area contributed by atoms with E-state index in [4.69, 9.17) is 0 Å². The molecule has 5 rings (SSSR count). The normalized spacial score (nSPS) is 20.1. The lowest BCUT2D eigenvalue weighted by Crippen LogP contribution is -2.42. The molecule has 2 aliphatic rings. The molecule has 0 unspecified atom stereocenters. The molecule has 0 bridgehead atoms. The van der Waals surface area contributed by atoms with E-state index in [9.17, 15) is 26.4 Å². The number of amides is 1. The number of rotatable bonds is 10.